The van der Waals surface area contributed by atoms with Crippen LogP contribution in [0.5, 0.6) is 17.2 Å². The van der Waals surface area contributed by atoms with E-state index in [-0.39, 0.29) is 0 Å². The van der Waals surface area contributed by atoms with E-state index in [1.54, 1.807) is 7.11 Å². The molecule has 4 nitrogen and oxygen atoms in total. The summed E-state index contributed by atoms with van der Waals surface area (Å²) in [7, 11) is 1.64. The van der Waals surface area contributed by atoms with Gasteiger partial charge in [-0.25, -0.2) is 0 Å². The lowest BCUT2D eigenvalue weighted by molar-refractivity contribution is 0.211. The average Bonchev–Trinajstić information content (AvgIpc) is 2.54. The Morgan fingerprint density at radius 3 is 2.32 bits per heavy atom. The van der Waals surface area contributed by atoms with E-state index < -0.39 is 0 Å². The quantitative estimate of drug-likeness (QED) is 0.762. The molecule has 2 aromatic carbocycles. The van der Waals surface area contributed by atoms with E-state index >= 15 is 0 Å². The van der Waals surface area contributed by atoms with Crippen LogP contribution in [0.1, 0.15) is 11.1 Å². The van der Waals surface area contributed by atoms with Gasteiger partial charge in [0.1, 0.15) is 19.0 Å². The Labute approximate surface area is 131 Å². The van der Waals surface area contributed by atoms with Crippen molar-refractivity contribution in [2.75, 3.05) is 26.9 Å². The molecule has 118 valence electrons. The third kappa shape index (κ3) is 4.67. The molecule has 0 bridgehead atoms. The normalized spacial score (nSPS) is 10.3. The van der Waals surface area contributed by atoms with Gasteiger partial charge in [0.15, 0.2) is 11.5 Å². The van der Waals surface area contributed by atoms with Crippen molar-refractivity contribution in [1.82, 2.24) is 0 Å². The van der Waals surface area contributed by atoms with Crippen LogP contribution in [0.2, 0.25) is 0 Å². The lowest BCUT2D eigenvalue weighted by atomic mass is 10.1. The fourth-order valence-corrected chi connectivity index (χ4v) is 2.10. The summed E-state index contributed by atoms with van der Waals surface area (Å²) in [5.74, 6) is 2.29. The number of rotatable bonds is 8. The first kappa shape index (κ1) is 16.2. The number of methoxy groups -OCH3 is 1. The Bertz CT molecular complexity index is 581. The zero-order valence-electron chi connectivity index (χ0n) is 13.2. The van der Waals surface area contributed by atoms with Gasteiger partial charge in [-0.3, -0.25) is 0 Å². The highest BCUT2D eigenvalue weighted by atomic mass is 16.5. The Kier molecular flexibility index (Phi) is 6.10. The van der Waals surface area contributed by atoms with E-state index in [9.17, 15) is 0 Å². The number of hydrogen-bond acceptors (Lipinski definition) is 4. The highest BCUT2D eigenvalue weighted by Gasteiger charge is 2.05. The molecular weight excluding hydrogens is 278 g/mol. The van der Waals surface area contributed by atoms with Gasteiger partial charge in [-0.1, -0.05) is 23.8 Å². The summed E-state index contributed by atoms with van der Waals surface area (Å²) in [5, 5.41) is 0. The molecule has 0 saturated heterocycles. The van der Waals surface area contributed by atoms with Crippen molar-refractivity contribution >= 4 is 0 Å². The van der Waals surface area contributed by atoms with Crippen molar-refractivity contribution in [2.45, 2.75) is 13.3 Å². The number of aryl methyl sites for hydroxylation is 1. The molecule has 0 atom stereocenters. The molecule has 0 radical (unpaired) electrons. The van der Waals surface area contributed by atoms with Gasteiger partial charge in [0.25, 0.3) is 0 Å². The summed E-state index contributed by atoms with van der Waals surface area (Å²) in [4.78, 5) is 0. The topological polar surface area (TPSA) is 53.7 Å². The van der Waals surface area contributed by atoms with Crippen molar-refractivity contribution < 1.29 is 14.2 Å². The number of hydrogen-bond donors (Lipinski definition) is 1. The minimum atomic E-state index is 0.459. The maximum atomic E-state index is 5.73. The van der Waals surface area contributed by atoms with E-state index in [1.807, 2.05) is 49.4 Å². The number of benzene rings is 2. The van der Waals surface area contributed by atoms with E-state index in [0.717, 1.165) is 29.2 Å². The second-order valence-corrected chi connectivity index (χ2v) is 5.03. The van der Waals surface area contributed by atoms with Crippen LogP contribution in [0.15, 0.2) is 42.5 Å². The zero-order valence-corrected chi connectivity index (χ0v) is 13.2. The first-order valence-corrected chi connectivity index (χ1v) is 7.42. The maximum Gasteiger partial charge on any atom is 0.161 e. The molecule has 4 heteroatoms. The molecule has 0 amide bonds. The minimum absolute atomic E-state index is 0.459. The van der Waals surface area contributed by atoms with Crippen LogP contribution in [0.3, 0.4) is 0 Å². The zero-order chi connectivity index (χ0) is 15.8. The van der Waals surface area contributed by atoms with Gasteiger partial charge in [0.05, 0.1) is 7.11 Å². The second kappa shape index (κ2) is 8.29. The molecule has 0 aliphatic carbocycles. The number of ether oxygens (including phenoxy) is 3. The Hall–Kier alpha value is -2.20. The Balaban J connectivity index is 1.84. The van der Waals surface area contributed by atoms with Crippen LogP contribution in [-0.2, 0) is 6.42 Å². The highest BCUT2D eigenvalue weighted by molar-refractivity contribution is 5.43. The molecule has 0 aliphatic heterocycles. The van der Waals surface area contributed by atoms with Gasteiger partial charge in [-0.05, 0) is 49.7 Å². The SMILES string of the molecule is COc1cc(CCN)ccc1OCCOc1ccc(C)cc1. The van der Waals surface area contributed by atoms with E-state index in [4.69, 9.17) is 19.9 Å². The predicted molar refractivity (Wildman–Crippen MR) is 87.9 cm³/mol. The molecular formula is C18H23NO3. The van der Waals surface area contributed by atoms with Gasteiger partial charge < -0.3 is 19.9 Å². The smallest absolute Gasteiger partial charge is 0.161 e. The van der Waals surface area contributed by atoms with E-state index in [2.05, 4.69) is 0 Å². The Morgan fingerprint density at radius 1 is 0.909 bits per heavy atom. The van der Waals surface area contributed by atoms with Crippen LogP contribution in [-0.4, -0.2) is 26.9 Å². The molecule has 0 heterocycles. The third-order valence-corrected chi connectivity index (χ3v) is 3.29. The average molecular weight is 301 g/mol. The lowest BCUT2D eigenvalue weighted by Crippen LogP contribution is -2.10. The highest BCUT2D eigenvalue weighted by Crippen LogP contribution is 2.28. The summed E-state index contributed by atoms with van der Waals surface area (Å²) in [6.07, 6.45) is 0.827. The van der Waals surface area contributed by atoms with Crippen LogP contribution in [0.4, 0.5) is 0 Å². The molecule has 0 fully saturated rings. The third-order valence-electron chi connectivity index (χ3n) is 3.29. The second-order valence-electron chi connectivity index (χ2n) is 5.03. The van der Waals surface area contributed by atoms with Crippen molar-refractivity contribution in [1.29, 1.82) is 0 Å². The summed E-state index contributed by atoms with van der Waals surface area (Å²) < 4.78 is 16.7. The molecule has 0 spiro atoms. The van der Waals surface area contributed by atoms with Crippen molar-refractivity contribution in [3.05, 3.63) is 53.6 Å². The maximum absolute atomic E-state index is 5.73. The van der Waals surface area contributed by atoms with Crippen molar-refractivity contribution in [3.63, 3.8) is 0 Å². The Morgan fingerprint density at radius 2 is 1.64 bits per heavy atom. The van der Waals surface area contributed by atoms with E-state index in [1.165, 1.54) is 5.56 Å². The van der Waals surface area contributed by atoms with Crippen LogP contribution in [0, 0.1) is 6.92 Å². The van der Waals surface area contributed by atoms with E-state index in [0.29, 0.717) is 19.8 Å². The molecule has 0 aliphatic rings. The van der Waals surface area contributed by atoms with Gasteiger partial charge in [-0.2, -0.15) is 0 Å². The molecule has 0 unspecified atom stereocenters. The fourth-order valence-electron chi connectivity index (χ4n) is 2.10. The van der Waals surface area contributed by atoms with Crippen LogP contribution in [0.25, 0.3) is 0 Å². The summed E-state index contributed by atoms with van der Waals surface area (Å²) in [6, 6.07) is 13.8. The first-order valence-electron chi connectivity index (χ1n) is 7.42. The molecule has 2 aromatic rings. The summed E-state index contributed by atoms with van der Waals surface area (Å²) in [5.41, 5.74) is 7.92. The van der Waals surface area contributed by atoms with Crippen LogP contribution < -0.4 is 19.9 Å². The van der Waals surface area contributed by atoms with Gasteiger partial charge in [-0.15, -0.1) is 0 Å². The number of nitrogens with two attached hydrogens (primary N) is 1. The lowest BCUT2D eigenvalue weighted by Gasteiger charge is -2.12. The molecule has 0 aromatic heterocycles. The molecule has 2 rings (SSSR count). The van der Waals surface area contributed by atoms with Gasteiger partial charge >= 0.3 is 0 Å². The molecule has 22 heavy (non-hydrogen) atoms. The monoisotopic (exact) mass is 301 g/mol. The van der Waals surface area contributed by atoms with Crippen LogP contribution >= 0.6 is 0 Å². The first-order chi connectivity index (χ1) is 10.7. The van der Waals surface area contributed by atoms with Gasteiger partial charge in [0, 0.05) is 0 Å². The van der Waals surface area contributed by atoms with Crippen molar-refractivity contribution in [3.8, 4) is 17.2 Å². The minimum Gasteiger partial charge on any atom is -0.493 e. The van der Waals surface area contributed by atoms with Gasteiger partial charge in [0.2, 0.25) is 0 Å². The molecule has 0 saturated carbocycles. The predicted octanol–water partition coefficient (Wildman–Crippen LogP) is 2.96. The summed E-state index contributed by atoms with van der Waals surface area (Å²) in [6.45, 7) is 3.61. The fraction of sp³-hybridized carbons (Fsp3) is 0.333. The van der Waals surface area contributed by atoms with Crippen molar-refractivity contribution in [2.24, 2.45) is 5.73 Å². The standard InChI is InChI=1S/C18H23NO3/c1-14-3-6-16(7-4-14)21-11-12-22-17-8-5-15(9-10-19)13-18(17)20-2/h3-8,13H,9-12,19H2,1-2H3. The summed E-state index contributed by atoms with van der Waals surface area (Å²) >= 11 is 0. The largest absolute Gasteiger partial charge is 0.493 e. The molecule has 2 N–H and O–H groups in total.